The number of carbonyl (C=O) groups excluding carboxylic acids is 1. The Balaban J connectivity index is 3.91. The lowest BCUT2D eigenvalue weighted by molar-refractivity contribution is -0.154. The second-order valence-corrected chi connectivity index (χ2v) is 19.2. The van der Waals surface area contributed by atoms with Crippen molar-refractivity contribution in [3.8, 4) is 0 Å². The summed E-state index contributed by atoms with van der Waals surface area (Å²) in [5, 5.41) is 0. The van der Waals surface area contributed by atoms with Crippen molar-refractivity contribution in [1.29, 1.82) is 0 Å². The second-order valence-electron chi connectivity index (χ2n) is 17.7. The molecule has 362 valence electrons. The Kier molecular flexibility index (Phi) is 49.2. The smallest absolute Gasteiger partial charge is 0.457 e. The normalized spacial score (nSPS) is 13.4. The van der Waals surface area contributed by atoms with E-state index in [2.05, 4.69) is 38.2 Å². The average Bonchev–Trinajstić information content (AvgIpc) is 3.25. The summed E-state index contributed by atoms with van der Waals surface area (Å²) in [7, 11) is -4.28. The van der Waals surface area contributed by atoms with Crippen molar-refractivity contribution in [3.05, 3.63) is 24.3 Å². The topological polar surface area (TPSA) is 117 Å². The first-order chi connectivity index (χ1) is 29.9. The lowest BCUT2D eigenvalue weighted by atomic mass is 10.0. The Morgan fingerprint density at radius 3 is 1.20 bits per heavy atom. The molecular formula is C52H102NO7P. The van der Waals surface area contributed by atoms with Crippen LogP contribution >= 0.6 is 7.82 Å². The van der Waals surface area contributed by atoms with Gasteiger partial charge in [0.15, 0.2) is 0 Å². The molecule has 0 aromatic carbocycles. The molecule has 2 unspecified atom stereocenters. The first-order valence-electron chi connectivity index (χ1n) is 26.3. The molecule has 0 amide bonds. The number of hydrogen-bond acceptors (Lipinski definition) is 7. The van der Waals surface area contributed by atoms with Crippen LogP contribution in [-0.4, -0.2) is 49.9 Å². The average molecular weight is 884 g/mol. The maximum atomic E-state index is 12.7. The molecule has 0 saturated heterocycles. The monoisotopic (exact) mass is 884 g/mol. The molecule has 9 heteroatoms. The van der Waals surface area contributed by atoms with Crippen LogP contribution in [0.3, 0.4) is 0 Å². The summed E-state index contributed by atoms with van der Waals surface area (Å²) >= 11 is 0. The van der Waals surface area contributed by atoms with Gasteiger partial charge in [-0.2, -0.15) is 0 Å². The van der Waals surface area contributed by atoms with Crippen LogP contribution in [0, 0.1) is 0 Å². The van der Waals surface area contributed by atoms with Gasteiger partial charge in [-0.05, 0) is 64.2 Å². The lowest BCUT2D eigenvalue weighted by Gasteiger charge is -2.20. The van der Waals surface area contributed by atoms with Crippen molar-refractivity contribution in [2.24, 2.45) is 5.73 Å². The Hall–Kier alpha value is -1.02. The number of unbranched alkanes of at least 4 members (excludes halogenated alkanes) is 34. The van der Waals surface area contributed by atoms with E-state index >= 15 is 0 Å². The van der Waals surface area contributed by atoms with E-state index in [1.165, 1.54) is 212 Å². The van der Waals surface area contributed by atoms with Crippen LogP contribution in [0.25, 0.3) is 0 Å². The van der Waals surface area contributed by atoms with E-state index in [9.17, 15) is 14.3 Å². The molecule has 0 fully saturated rings. The molecule has 8 nitrogen and oxygen atoms in total. The molecule has 0 aliphatic carbocycles. The molecule has 2 atom stereocenters. The summed E-state index contributed by atoms with van der Waals surface area (Å²) in [6.07, 6.45) is 57.8. The van der Waals surface area contributed by atoms with Gasteiger partial charge in [0.1, 0.15) is 6.10 Å². The quantitative estimate of drug-likeness (QED) is 0.0268. The van der Waals surface area contributed by atoms with Crippen molar-refractivity contribution in [3.63, 3.8) is 0 Å². The number of rotatable bonds is 51. The largest absolute Gasteiger partial charge is 0.472 e. The van der Waals surface area contributed by atoms with Gasteiger partial charge in [-0.25, -0.2) is 4.57 Å². The van der Waals surface area contributed by atoms with E-state index in [-0.39, 0.29) is 32.3 Å². The highest BCUT2D eigenvalue weighted by Gasteiger charge is 2.25. The number of ether oxygens (including phenoxy) is 2. The van der Waals surface area contributed by atoms with Crippen LogP contribution in [0.4, 0.5) is 0 Å². The minimum Gasteiger partial charge on any atom is -0.457 e. The zero-order valence-electron chi connectivity index (χ0n) is 40.4. The number of hydrogen-bond donors (Lipinski definition) is 2. The fourth-order valence-corrected chi connectivity index (χ4v) is 8.46. The predicted molar refractivity (Wildman–Crippen MR) is 261 cm³/mol. The maximum Gasteiger partial charge on any atom is 0.472 e. The van der Waals surface area contributed by atoms with Crippen LogP contribution in [0.15, 0.2) is 24.3 Å². The third-order valence-electron chi connectivity index (χ3n) is 11.6. The van der Waals surface area contributed by atoms with Gasteiger partial charge in [0.05, 0.1) is 19.8 Å². The van der Waals surface area contributed by atoms with Crippen LogP contribution < -0.4 is 5.73 Å². The third-order valence-corrected chi connectivity index (χ3v) is 12.6. The summed E-state index contributed by atoms with van der Waals surface area (Å²) in [4.78, 5) is 22.6. The molecule has 3 N–H and O–H groups in total. The molecule has 0 aliphatic heterocycles. The van der Waals surface area contributed by atoms with Crippen LogP contribution in [0.2, 0.25) is 0 Å². The van der Waals surface area contributed by atoms with Gasteiger partial charge in [-0.3, -0.25) is 13.8 Å². The molecule has 0 rings (SSSR count). The molecule has 0 aromatic heterocycles. The number of allylic oxidation sites excluding steroid dienone is 4. The fraction of sp³-hybridized carbons (Fsp3) is 0.904. The standard InChI is InChI=1S/C52H102NO7P/c1-3-5-7-9-11-13-15-17-19-21-23-24-25-26-27-29-31-33-35-37-39-41-43-45-52(54)60-51(50-59-61(55,56)58-48-46-53)49-57-47-44-42-40-38-36-34-32-30-28-22-20-18-16-14-12-10-8-6-4-2/h20-23,51H,3-19,24-50,53H2,1-2H3,(H,55,56)/b22-20-,23-21-. The highest BCUT2D eigenvalue weighted by atomic mass is 31.2. The minimum absolute atomic E-state index is 0.0942. The fourth-order valence-electron chi connectivity index (χ4n) is 7.69. The zero-order valence-corrected chi connectivity index (χ0v) is 41.3. The van der Waals surface area contributed by atoms with E-state index in [1.54, 1.807) is 0 Å². The number of phosphoric acid groups is 1. The van der Waals surface area contributed by atoms with Gasteiger partial charge >= 0.3 is 13.8 Å². The van der Waals surface area contributed by atoms with E-state index in [1.807, 2.05) is 0 Å². The van der Waals surface area contributed by atoms with Gasteiger partial charge in [0, 0.05) is 19.6 Å². The number of nitrogens with two attached hydrogens (primary N) is 1. The number of carbonyl (C=O) groups is 1. The van der Waals surface area contributed by atoms with Crippen molar-refractivity contribution in [1.82, 2.24) is 0 Å². The molecule has 0 aliphatic rings. The molecule has 0 radical (unpaired) electrons. The van der Waals surface area contributed by atoms with Gasteiger partial charge in [0.2, 0.25) is 0 Å². The van der Waals surface area contributed by atoms with E-state index < -0.39 is 13.9 Å². The zero-order chi connectivity index (χ0) is 44.4. The molecule has 0 aromatic rings. The Bertz CT molecular complexity index is 993. The highest BCUT2D eigenvalue weighted by molar-refractivity contribution is 7.47. The van der Waals surface area contributed by atoms with Crippen LogP contribution in [0.5, 0.6) is 0 Å². The molecule has 0 saturated carbocycles. The summed E-state index contributed by atoms with van der Waals surface area (Å²) in [5.41, 5.74) is 5.39. The van der Waals surface area contributed by atoms with Crippen LogP contribution in [-0.2, 0) is 27.9 Å². The van der Waals surface area contributed by atoms with Crippen molar-refractivity contribution < 1.29 is 32.8 Å². The van der Waals surface area contributed by atoms with E-state index in [0.29, 0.717) is 13.0 Å². The molecule has 0 heterocycles. The first-order valence-corrected chi connectivity index (χ1v) is 27.8. The van der Waals surface area contributed by atoms with E-state index in [0.717, 1.165) is 32.1 Å². The third kappa shape index (κ3) is 49.8. The van der Waals surface area contributed by atoms with Crippen LogP contribution in [0.1, 0.15) is 264 Å². The van der Waals surface area contributed by atoms with Gasteiger partial charge in [-0.15, -0.1) is 0 Å². The number of phosphoric ester groups is 1. The Morgan fingerprint density at radius 2 is 0.820 bits per heavy atom. The summed E-state index contributed by atoms with van der Waals surface area (Å²) < 4.78 is 33.6. The highest BCUT2D eigenvalue weighted by Crippen LogP contribution is 2.43. The summed E-state index contributed by atoms with van der Waals surface area (Å²) in [6.45, 7) is 4.97. The second kappa shape index (κ2) is 50.0. The maximum absolute atomic E-state index is 12.7. The Morgan fingerprint density at radius 1 is 0.475 bits per heavy atom. The molecule has 61 heavy (non-hydrogen) atoms. The first kappa shape index (κ1) is 60.0. The molecule has 0 spiro atoms. The van der Waals surface area contributed by atoms with Gasteiger partial charge < -0.3 is 20.1 Å². The Labute approximate surface area is 378 Å². The van der Waals surface area contributed by atoms with Crippen molar-refractivity contribution in [2.75, 3.05) is 33.0 Å². The van der Waals surface area contributed by atoms with Gasteiger partial charge in [0.25, 0.3) is 0 Å². The van der Waals surface area contributed by atoms with Gasteiger partial charge in [-0.1, -0.05) is 218 Å². The molecular weight excluding hydrogens is 782 g/mol. The SMILES string of the molecule is CCCCCCCCC/C=C\CCCCCCCCCCOCC(COP(=O)(O)OCCN)OC(=O)CCCCCCCCCCCCC/C=C\CCCCCCCCCC. The summed E-state index contributed by atoms with van der Waals surface area (Å²) in [5.74, 6) is -0.327. The van der Waals surface area contributed by atoms with E-state index in [4.69, 9.17) is 24.3 Å². The minimum atomic E-state index is -4.28. The number of esters is 1. The predicted octanol–water partition coefficient (Wildman–Crippen LogP) is 16.4. The van der Waals surface area contributed by atoms with Crippen molar-refractivity contribution >= 4 is 13.8 Å². The lowest BCUT2D eigenvalue weighted by Crippen LogP contribution is -2.28. The van der Waals surface area contributed by atoms with Crippen molar-refractivity contribution in [2.45, 2.75) is 270 Å². The summed E-state index contributed by atoms with van der Waals surface area (Å²) in [6, 6.07) is 0. The molecule has 0 bridgehead atoms.